The third-order valence-electron chi connectivity index (χ3n) is 13.3. The number of pyridine rings is 2. The Hall–Kier alpha value is -8.48. The molecule has 5 heterocycles. The Morgan fingerprint density at radius 2 is 0.516 bits per heavy atom. The fourth-order valence-electron chi connectivity index (χ4n) is 10.7. The van der Waals surface area contributed by atoms with Crippen molar-refractivity contribution < 1.29 is 0 Å². The maximum atomic E-state index is 15.4. The van der Waals surface area contributed by atoms with Crippen LogP contribution in [0.3, 0.4) is 0 Å². The van der Waals surface area contributed by atoms with Crippen LogP contribution in [0.2, 0.25) is 0 Å². The molecule has 6 nitrogen and oxygen atoms in total. The summed E-state index contributed by atoms with van der Waals surface area (Å²) in [7, 11) is 0. The number of nitrogens with zero attached hydrogens (tertiary/aromatic N) is 4. The second kappa shape index (κ2) is 12.1. The van der Waals surface area contributed by atoms with Gasteiger partial charge in [-0.25, -0.2) is 0 Å². The number of para-hydroxylation sites is 6. The van der Waals surface area contributed by atoms with E-state index < -0.39 is 0 Å². The lowest BCUT2D eigenvalue weighted by atomic mass is 10.0. The minimum Gasteiger partial charge on any atom is -0.309 e. The topological polar surface area (TPSA) is 53.3 Å². The summed E-state index contributed by atoms with van der Waals surface area (Å²) in [5, 5.41) is 8.98. The van der Waals surface area contributed by atoms with E-state index in [1.54, 1.807) is 0 Å². The molecule has 0 fully saturated rings. The molecule has 14 rings (SSSR count). The SMILES string of the molecule is O=c1c2cc(-n3c4ccccc4c4ccccc43)ccc2n2c3ccc(-n4c5ccccc5c5ccccc54)cc3c(=O)c3cc(-n4c5ccccc5c5ccccc54)cc1c32. The zero-order chi connectivity index (χ0) is 40.8. The van der Waals surface area contributed by atoms with E-state index in [0.29, 0.717) is 27.1 Å². The molecular formula is C56H32N4O2. The Balaban J connectivity index is 1.14. The highest BCUT2D eigenvalue weighted by atomic mass is 16.1. The Kier molecular flexibility index (Phi) is 6.49. The molecular weight excluding hydrogens is 761 g/mol. The van der Waals surface area contributed by atoms with Crippen molar-refractivity contribution in [3.63, 3.8) is 0 Å². The number of fused-ring (bicyclic) bond motifs is 13. The van der Waals surface area contributed by atoms with Crippen molar-refractivity contribution >= 4 is 104 Å². The van der Waals surface area contributed by atoms with Gasteiger partial charge in [0.1, 0.15) is 0 Å². The van der Waals surface area contributed by atoms with Crippen LogP contribution in [0.5, 0.6) is 0 Å². The minimum atomic E-state index is -0.115. The predicted octanol–water partition coefficient (Wildman–Crippen LogP) is 12.8. The first-order chi connectivity index (χ1) is 30.6. The Morgan fingerprint density at radius 3 is 0.839 bits per heavy atom. The van der Waals surface area contributed by atoms with Crippen molar-refractivity contribution in [3.8, 4) is 17.1 Å². The first-order valence-electron chi connectivity index (χ1n) is 20.9. The van der Waals surface area contributed by atoms with Crippen molar-refractivity contribution in [2.24, 2.45) is 0 Å². The van der Waals surface area contributed by atoms with Crippen LogP contribution in [0.4, 0.5) is 0 Å². The molecule has 0 N–H and O–H groups in total. The van der Waals surface area contributed by atoms with Gasteiger partial charge in [-0.1, -0.05) is 109 Å². The van der Waals surface area contributed by atoms with Gasteiger partial charge >= 0.3 is 0 Å². The Bertz CT molecular complexity index is 4010. The number of rotatable bonds is 3. The van der Waals surface area contributed by atoms with Gasteiger partial charge in [-0.3, -0.25) is 9.59 Å². The van der Waals surface area contributed by atoms with E-state index in [2.05, 4.69) is 176 Å². The molecule has 0 aliphatic rings. The summed E-state index contributed by atoms with van der Waals surface area (Å²) < 4.78 is 8.85. The number of aromatic nitrogens is 4. The molecule has 0 saturated carbocycles. The zero-order valence-electron chi connectivity index (χ0n) is 33.1. The Labute approximate surface area is 351 Å². The van der Waals surface area contributed by atoms with Crippen LogP contribution < -0.4 is 10.9 Å². The van der Waals surface area contributed by atoms with Gasteiger partial charge in [-0.2, -0.15) is 0 Å². The van der Waals surface area contributed by atoms with E-state index >= 15 is 9.59 Å². The molecule has 62 heavy (non-hydrogen) atoms. The lowest BCUT2D eigenvalue weighted by Gasteiger charge is -2.18. The normalized spacial score (nSPS) is 12.3. The van der Waals surface area contributed by atoms with Crippen molar-refractivity contribution in [1.29, 1.82) is 0 Å². The molecule has 0 aliphatic carbocycles. The van der Waals surface area contributed by atoms with Crippen LogP contribution in [-0.2, 0) is 0 Å². The molecule has 0 spiro atoms. The van der Waals surface area contributed by atoms with Crippen molar-refractivity contribution in [3.05, 3.63) is 215 Å². The van der Waals surface area contributed by atoms with Crippen LogP contribution >= 0.6 is 0 Å². The van der Waals surface area contributed by atoms with Gasteiger partial charge in [0.05, 0.1) is 49.7 Å². The highest BCUT2D eigenvalue weighted by molar-refractivity contribution is 6.14. The van der Waals surface area contributed by atoms with Crippen molar-refractivity contribution in [1.82, 2.24) is 18.1 Å². The van der Waals surface area contributed by atoms with E-state index in [4.69, 9.17) is 0 Å². The lowest BCUT2D eigenvalue weighted by molar-refractivity contribution is 1.17. The van der Waals surface area contributed by atoms with Crippen molar-refractivity contribution in [2.45, 2.75) is 0 Å². The highest BCUT2D eigenvalue weighted by Crippen LogP contribution is 2.38. The molecule has 0 radical (unpaired) electrons. The van der Waals surface area contributed by atoms with Crippen LogP contribution in [0.25, 0.3) is 121 Å². The molecule has 14 aromatic rings. The maximum absolute atomic E-state index is 15.4. The van der Waals surface area contributed by atoms with Gasteiger partial charge in [-0.15, -0.1) is 0 Å². The lowest BCUT2D eigenvalue weighted by Crippen LogP contribution is -2.15. The van der Waals surface area contributed by atoms with E-state index in [-0.39, 0.29) is 10.9 Å². The summed E-state index contributed by atoms with van der Waals surface area (Å²) >= 11 is 0. The summed E-state index contributed by atoms with van der Waals surface area (Å²) in [6.45, 7) is 0. The smallest absolute Gasteiger partial charge is 0.197 e. The third-order valence-corrected chi connectivity index (χ3v) is 13.3. The average molecular weight is 793 g/mol. The Morgan fingerprint density at radius 1 is 0.242 bits per heavy atom. The molecule has 9 aromatic carbocycles. The third kappa shape index (κ3) is 4.27. The molecule has 0 bridgehead atoms. The fourth-order valence-corrected chi connectivity index (χ4v) is 10.7. The van der Waals surface area contributed by atoms with Crippen LogP contribution in [0.15, 0.2) is 204 Å². The fraction of sp³-hybridized carbons (Fsp3) is 0. The van der Waals surface area contributed by atoms with Crippen LogP contribution in [-0.4, -0.2) is 18.1 Å². The quantitative estimate of drug-likeness (QED) is 0.132. The number of hydrogen-bond acceptors (Lipinski definition) is 2. The summed E-state index contributed by atoms with van der Waals surface area (Å²) in [4.78, 5) is 30.7. The largest absolute Gasteiger partial charge is 0.309 e. The molecule has 0 saturated heterocycles. The molecule has 6 heteroatoms. The number of benzene rings is 9. The van der Waals surface area contributed by atoms with E-state index in [0.717, 1.165) is 93.5 Å². The molecule has 0 amide bonds. The van der Waals surface area contributed by atoms with Crippen molar-refractivity contribution in [2.75, 3.05) is 0 Å². The summed E-state index contributed by atoms with van der Waals surface area (Å²) in [5.74, 6) is 0. The molecule has 0 unspecified atom stereocenters. The minimum absolute atomic E-state index is 0.115. The van der Waals surface area contributed by atoms with Gasteiger partial charge < -0.3 is 18.1 Å². The first kappa shape index (κ1) is 33.4. The second-order valence-electron chi connectivity index (χ2n) is 16.4. The van der Waals surface area contributed by atoms with Gasteiger partial charge in [0.25, 0.3) is 0 Å². The summed E-state index contributed by atoms with van der Waals surface area (Å²) in [6, 6.07) is 66.7. The monoisotopic (exact) mass is 792 g/mol. The van der Waals surface area contributed by atoms with Gasteiger partial charge in [0.15, 0.2) is 10.9 Å². The van der Waals surface area contributed by atoms with E-state index in [1.807, 2.05) is 36.4 Å². The zero-order valence-corrected chi connectivity index (χ0v) is 33.1. The van der Waals surface area contributed by atoms with Crippen LogP contribution in [0, 0.1) is 0 Å². The van der Waals surface area contributed by atoms with E-state index in [9.17, 15) is 0 Å². The number of hydrogen-bond donors (Lipinski definition) is 0. The van der Waals surface area contributed by atoms with Gasteiger partial charge in [-0.05, 0) is 84.9 Å². The standard InChI is InChI=1S/C56H32N4O2/c61-55-42-29-33(57-46-19-7-1-13-36(46)37-14-2-8-20-47(37)57)25-27-52(42)60-53-28-26-34(58-48-21-9-3-15-38(48)39-16-4-10-22-49(39)58)30-43(53)56(62)45-32-35(31-44(55)54(45)60)59-50-23-11-5-17-40(50)41-18-6-12-24-51(41)59/h1-32H. The highest BCUT2D eigenvalue weighted by Gasteiger charge is 2.23. The first-order valence-corrected chi connectivity index (χ1v) is 20.9. The maximum Gasteiger partial charge on any atom is 0.197 e. The van der Waals surface area contributed by atoms with Crippen LogP contribution in [0.1, 0.15) is 0 Å². The van der Waals surface area contributed by atoms with Gasteiger partial charge in [0.2, 0.25) is 0 Å². The molecule has 0 aliphatic heterocycles. The van der Waals surface area contributed by atoms with Gasteiger partial charge in [0, 0.05) is 70.9 Å². The average Bonchev–Trinajstić information content (AvgIpc) is 3.97. The summed E-state index contributed by atoms with van der Waals surface area (Å²) in [5.41, 5.74) is 10.7. The summed E-state index contributed by atoms with van der Waals surface area (Å²) in [6.07, 6.45) is 0. The second-order valence-corrected chi connectivity index (χ2v) is 16.4. The van der Waals surface area contributed by atoms with E-state index in [1.165, 1.54) is 0 Å². The molecule has 288 valence electrons. The molecule has 0 atom stereocenters. The molecule has 5 aromatic heterocycles. The predicted molar refractivity (Wildman–Crippen MR) is 257 cm³/mol.